The summed E-state index contributed by atoms with van der Waals surface area (Å²) in [5.41, 5.74) is 2.24. The summed E-state index contributed by atoms with van der Waals surface area (Å²) in [7, 11) is 0. The van der Waals surface area contributed by atoms with E-state index >= 15 is 0 Å². The van der Waals surface area contributed by atoms with E-state index in [0.29, 0.717) is 0 Å². The van der Waals surface area contributed by atoms with Crippen molar-refractivity contribution in [1.29, 1.82) is 0 Å². The molecular formula is C12H13ClN2. The number of halogens is 1. The van der Waals surface area contributed by atoms with E-state index in [-0.39, 0.29) is 0 Å². The highest BCUT2D eigenvalue weighted by Gasteiger charge is 2.03. The predicted molar refractivity (Wildman–Crippen MR) is 62.2 cm³/mol. The van der Waals surface area contributed by atoms with Gasteiger partial charge in [-0.1, -0.05) is 36.7 Å². The van der Waals surface area contributed by atoms with Crippen LogP contribution in [0.1, 0.15) is 24.0 Å². The van der Waals surface area contributed by atoms with Crippen molar-refractivity contribution < 1.29 is 0 Å². The molecule has 0 aliphatic rings. The molecule has 0 saturated carbocycles. The van der Waals surface area contributed by atoms with Gasteiger partial charge in [-0.05, 0) is 11.6 Å². The molecule has 2 rings (SSSR count). The highest BCUT2D eigenvalue weighted by Crippen LogP contribution is 2.17. The van der Waals surface area contributed by atoms with Gasteiger partial charge in [0.2, 0.25) is 0 Å². The molecule has 1 heterocycles. The van der Waals surface area contributed by atoms with Crippen LogP contribution in [0, 0.1) is 0 Å². The fraction of sp³-hybridized carbons (Fsp3) is 0.250. The number of hydrogen-bond acceptors (Lipinski definition) is 1. The fourth-order valence-electron chi connectivity index (χ4n) is 1.52. The highest BCUT2D eigenvalue weighted by molar-refractivity contribution is 6.31. The van der Waals surface area contributed by atoms with Gasteiger partial charge in [0.1, 0.15) is 5.82 Å². The summed E-state index contributed by atoms with van der Waals surface area (Å²) in [4.78, 5) is 7.53. The SMILES string of the molecule is CCc1ncc(Cc2ccccc2Cl)[nH]1. The van der Waals surface area contributed by atoms with Crippen LogP contribution in [0.3, 0.4) is 0 Å². The molecule has 0 saturated heterocycles. The Labute approximate surface area is 94.3 Å². The predicted octanol–water partition coefficient (Wildman–Crippen LogP) is 3.22. The minimum absolute atomic E-state index is 0.810. The van der Waals surface area contributed by atoms with Gasteiger partial charge in [0.25, 0.3) is 0 Å². The summed E-state index contributed by atoms with van der Waals surface area (Å²) in [6, 6.07) is 7.89. The monoisotopic (exact) mass is 220 g/mol. The number of imidazole rings is 1. The molecule has 1 aromatic carbocycles. The minimum atomic E-state index is 0.810. The molecule has 0 radical (unpaired) electrons. The maximum atomic E-state index is 6.08. The van der Waals surface area contributed by atoms with Gasteiger partial charge in [-0.25, -0.2) is 4.98 Å². The van der Waals surface area contributed by atoms with E-state index in [1.54, 1.807) is 0 Å². The van der Waals surface area contributed by atoms with Gasteiger partial charge in [0, 0.05) is 29.8 Å². The van der Waals surface area contributed by atoms with Crippen LogP contribution in [0.25, 0.3) is 0 Å². The Kier molecular flexibility index (Phi) is 3.07. The first-order valence-corrected chi connectivity index (χ1v) is 5.43. The molecular weight excluding hydrogens is 208 g/mol. The van der Waals surface area contributed by atoms with Gasteiger partial charge in [-0.2, -0.15) is 0 Å². The van der Waals surface area contributed by atoms with Crippen molar-refractivity contribution in [1.82, 2.24) is 9.97 Å². The van der Waals surface area contributed by atoms with E-state index < -0.39 is 0 Å². The lowest BCUT2D eigenvalue weighted by Gasteiger charge is -2.01. The van der Waals surface area contributed by atoms with Crippen LogP contribution in [-0.4, -0.2) is 9.97 Å². The second kappa shape index (κ2) is 4.49. The van der Waals surface area contributed by atoms with E-state index in [0.717, 1.165) is 34.9 Å². The molecule has 2 nitrogen and oxygen atoms in total. The van der Waals surface area contributed by atoms with Crippen LogP contribution in [0.15, 0.2) is 30.5 Å². The normalized spacial score (nSPS) is 10.5. The average Bonchev–Trinajstić information content (AvgIpc) is 2.69. The number of benzene rings is 1. The summed E-state index contributed by atoms with van der Waals surface area (Å²) >= 11 is 6.08. The lowest BCUT2D eigenvalue weighted by molar-refractivity contribution is 0.970. The third-order valence-electron chi connectivity index (χ3n) is 2.35. The largest absolute Gasteiger partial charge is 0.346 e. The van der Waals surface area contributed by atoms with Crippen molar-refractivity contribution in [2.75, 3.05) is 0 Å². The van der Waals surface area contributed by atoms with Gasteiger partial charge in [0.15, 0.2) is 0 Å². The Morgan fingerprint density at radius 2 is 2.13 bits per heavy atom. The minimum Gasteiger partial charge on any atom is -0.346 e. The van der Waals surface area contributed by atoms with Crippen LogP contribution in [0.5, 0.6) is 0 Å². The second-order valence-corrected chi connectivity index (χ2v) is 3.88. The summed E-state index contributed by atoms with van der Waals surface area (Å²) in [5.74, 6) is 1.03. The number of nitrogens with zero attached hydrogens (tertiary/aromatic N) is 1. The van der Waals surface area contributed by atoms with Crippen LogP contribution in [0.4, 0.5) is 0 Å². The van der Waals surface area contributed by atoms with Crippen molar-refractivity contribution in [3.05, 3.63) is 52.6 Å². The van der Waals surface area contributed by atoms with Crippen molar-refractivity contribution >= 4 is 11.6 Å². The third kappa shape index (κ3) is 2.39. The number of aromatic nitrogens is 2. The molecule has 1 N–H and O–H groups in total. The smallest absolute Gasteiger partial charge is 0.105 e. The Balaban J connectivity index is 2.18. The molecule has 1 aromatic heterocycles. The maximum Gasteiger partial charge on any atom is 0.105 e. The Bertz CT molecular complexity index is 448. The second-order valence-electron chi connectivity index (χ2n) is 3.48. The highest BCUT2D eigenvalue weighted by atomic mass is 35.5. The molecule has 0 unspecified atom stereocenters. The van der Waals surface area contributed by atoms with Crippen molar-refractivity contribution in [3.63, 3.8) is 0 Å². The molecule has 0 amide bonds. The fourth-order valence-corrected chi connectivity index (χ4v) is 1.72. The number of aryl methyl sites for hydroxylation is 1. The maximum absolute atomic E-state index is 6.08. The lowest BCUT2D eigenvalue weighted by atomic mass is 10.1. The standard InChI is InChI=1S/C12H13ClN2/c1-2-12-14-8-10(15-12)7-9-5-3-4-6-11(9)13/h3-6,8H,2,7H2,1H3,(H,14,15). The molecule has 3 heteroatoms. The molecule has 0 atom stereocenters. The zero-order chi connectivity index (χ0) is 10.7. The molecule has 78 valence electrons. The Morgan fingerprint density at radius 3 is 2.80 bits per heavy atom. The first-order valence-electron chi connectivity index (χ1n) is 5.05. The van der Waals surface area contributed by atoms with Gasteiger partial charge in [0.05, 0.1) is 0 Å². The topological polar surface area (TPSA) is 28.7 Å². The first kappa shape index (κ1) is 10.2. The van der Waals surface area contributed by atoms with Crippen LogP contribution in [-0.2, 0) is 12.8 Å². The van der Waals surface area contributed by atoms with Gasteiger partial charge >= 0.3 is 0 Å². The van der Waals surface area contributed by atoms with E-state index in [1.165, 1.54) is 0 Å². The van der Waals surface area contributed by atoms with Crippen molar-refractivity contribution in [2.45, 2.75) is 19.8 Å². The summed E-state index contributed by atoms with van der Waals surface area (Å²) < 4.78 is 0. The van der Waals surface area contributed by atoms with E-state index in [4.69, 9.17) is 11.6 Å². The van der Waals surface area contributed by atoms with Gasteiger partial charge < -0.3 is 4.98 Å². The van der Waals surface area contributed by atoms with Crippen LogP contribution in [0.2, 0.25) is 5.02 Å². The zero-order valence-corrected chi connectivity index (χ0v) is 9.38. The van der Waals surface area contributed by atoms with Crippen molar-refractivity contribution in [3.8, 4) is 0 Å². The molecule has 0 bridgehead atoms. The van der Waals surface area contributed by atoms with E-state index in [9.17, 15) is 0 Å². The molecule has 0 fully saturated rings. The van der Waals surface area contributed by atoms with Gasteiger partial charge in [-0.15, -0.1) is 0 Å². The summed E-state index contributed by atoms with van der Waals surface area (Å²) in [5, 5.41) is 0.810. The van der Waals surface area contributed by atoms with Crippen molar-refractivity contribution in [2.24, 2.45) is 0 Å². The lowest BCUT2D eigenvalue weighted by Crippen LogP contribution is -1.90. The summed E-state index contributed by atoms with van der Waals surface area (Å²) in [6.45, 7) is 2.08. The zero-order valence-electron chi connectivity index (χ0n) is 8.63. The average molecular weight is 221 g/mol. The molecule has 0 aliphatic carbocycles. The van der Waals surface area contributed by atoms with Crippen LogP contribution < -0.4 is 0 Å². The van der Waals surface area contributed by atoms with E-state index in [1.807, 2.05) is 30.5 Å². The Morgan fingerprint density at radius 1 is 1.33 bits per heavy atom. The number of rotatable bonds is 3. The number of nitrogens with one attached hydrogen (secondary N) is 1. The Hall–Kier alpha value is -1.28. The number of H-pyrrole nitrogens is 1. The van der Waals surface area contributed by atoms with Gasteiger partial charge in [-0.3, -0.25) is 0 Å². The van der Waals surface area contributed by atoms with E-state index in [2.05, 4.69) is 16.9 Å². The third-order valence-corrected chi connectivity index (χ3v) is 2.72. The molecule has 15 heavy (non-hydrogen) atoms. The molecule has 2 aromatic rings. The summed E-state index contributed by atoms with van der Waals surface area (Å²) in [6.07, 6.45) is 3.62. The number of hydrogen-bond donors (Lipinski definition) is 1. The number of aromatic amines is 1. The first-order chi connectivity index (χ1) is 7.29. The van der Waals surface area contributed by atoms with Crippen LogP contribution >= 0.6 is 11.6 Å². The molecule has 0 spiro atoms. The molecule has 0 aliphatic heterocycles. The quantitative estimate of drug-likeness (QED) is 0.846.